The smallest absolute Gasteiger partial charge is 0.338 e. The summed E-state index contributed by atoms with van der Waals surface area (Å²) in [5.41, 5.74) is 2.91. The van der Waals surface area contributed by atoms with Crippen molar-refractivity contribution in [1.29, 1.82) is 0 Å². The molecule has 27 heavy (non-hydrogen) atoms. The van der Waals surface area contributed by atoms with Crippen LogP contribution in [0.1, 0.15) is 48.2 Å². The summed E-state index contributed by atoms with van der Waals surface area (Å²) in [7, 11) is -3.09. The van der Waals surface area contributed by atoms with Crippen LogP contribution in [0.15, 0.2) is 18.2 Å². The maximum absolute atomic E-state index is 12.7. The lowest BCUT2D eigenvalue weighted by atomic mass is 10.1. The number of sulfone groups is 1. The number of hydrogen-bond donors (Lipinski definition) is 0. The number of nitrogens with zero attached hydrogens (tertiary/aromatic N) is 1. The molecule has 2 aliphatic rings. The van der Waals surface area contributed by atoms with Gasteiger partial charge in [0.2, 0.25) is 0 Å². The number of carbonyl (C=O) groups excluding carboxylic acids is 2. The van der Waals surface area contributed by atoms with E-state index in [-0.39, 0.29) is 36.0 Å². The number of benzene rings is 1. The van der Waals surface area contributed by atoms with Crippen molar-refractivity contribution in [2.45, 2.75) is 45.6 Å². The lowest BCUT2D eigenvalue weighted by Gasteiger charge is -2.29. The van der Waals surface area contributed by atoms with E-state index in [1.807, 2.05) is 26.0 Å². The van der Waals surface area contributed by atoms with Crippen LogP contribution in [0.25, 0.3) is 0 Å². The molecule has 0 saturated carbocycles. The predicted octanol–water partition coefficient (Wildman–Crippen LogP) is 2.00. The van der Waals surface area contributed by atoms with Gasteiger partial charge in [-0.05, 0) is 54.9 Å². The molecule has 1 fully saturated rings. The van der Waals surface area contributed by atoms with Crippen molar-refractivity contribution in [2.75, 3.05) is 24.7 Å². The van der Waals surface area contributed by atoms with Gasteiger partial charge in [0, 0.05) is 12.6 Å². The van der Waals surface area contributed by atoms with Crippen LogP contribution in [0.2, 0.25) is 0 Å². The van der Waals surface area contributed by atoms with Gasteiger partial charge in [-0.15, -0.1) is 0 Å². The molecular formula is C20H27NO5S. The Hall–Kier alpha value is -1.89. The molecule has 1 atom stereocenters. The standard InChI is InChI=1S/C20H27NO5S/c1-14(2)11-21(18-8-9-27(24,25)13-18)19(22)12-26-20(23)17-7-6-15-4-3-5-16(15)10-17/h6-7,10,14,18H,3-5,8-9,11-13H2,1-2H3/t18-/m1/s1. The summed E-state index contributed by atoms with van der Waals surface area (Å²) < 4.78 is 28.8. The minimum Gasteiger partial charge on any atom is -0.452 e. The first kappa shape index (κ1) is 19.9. The largest absolute Gasteiger partial charge is 0.452 e. The molecule has 1 heterocycles. The molecule has 0 N–H and O–H groups in total. The molecule has 0 spiro atoms. The molecule has 0 bridgehead atoms. The second kappa shape index (κ2) is 8.00. The van der Waals surface area contributed by atoms with Gasteiger partial charge in [0.15, 0.2) is 16.4 Å². The Morgan fingerprint density at radius 2 is 1.96 bits per heavy atom. The molecule has 7 heteroatoms. The third-order valence-electron chi connectivity index (χ3n) is 5.19. The number of hydrogen-bond acceptors (Lipinski definition) is 5. The van der Waals surface area contributed by atoms with Crippen molar-refractivity contribution in [3.63, 3.8) is 0 Å². The molecule has 1 aromatic carbocycles. The number of esters is 1. The Morgan fingerprint density at radius 1 is 1.22 bits per heavy atom. The number of ether oxygens (including phenoxy) is 1. The molecular weight excluding hydrogens is 366 g/mol. The van der Waals surface area contributed by atoms with Gasteiger partial charge in [0.25, 0.3) is 5.91 Å². The van der Waals surface area contributed by atoms with Crippen LogP contribution in [0.4, 0.5) is 0 Å². The van der Waals surface area contributed by atoms with Crippen LogP contribution < -0.4 is 0 Å². The zero-order valence-electron chi connectivity index (χ0n) is 15.9. The summed E-state index contributed by atoms with van der Waals surface area (Å²) >= 11 is 0. The maximum atomic E-state index is 12.7. The molecule has 0 radical (unpaired) electrons. The van der Waals surface area contributed by atoms with E-state index in [0.29, 0.717) is 18.5 Å². The van der Waals surface area contributed by atoms with E-state index in [9.17, 15) is 18.0 Å². The van der Waals surface area contributed by atoms with E-state index in [1.165, 1.54) is 11.1 Å². The van der Waals surface area contributed by atoms with E-state index in [4.69, 9.17) is 4.74 Å². The minimum absolute atomic E-state index is 0.00969. The SMILES string of the molecule is CC(C)CN(C(=O)COC(=O)c1ccc2c(c1)CCC2)[C@@H]1CCS(=O)(=O)C1. The predicted molar refractivity (Wildman–Crippen MR) is 102 cm³/mol. The first-order valence-corrected chi connectivity index (χ1v) is 11.4. The molecule has 148 valence electrons. The number of fused-ring (bicyclic) bond motifs is 1. The lowest BCUT2D eigenvalue weighted by Crippen LogP contribution is -2.45. The average Bonchev–Trinajstić information content (AvgIpc) is 3.22. The first-order valence-electron chi connectivity index (χ1n) is 9.54. The topological polar surface area (TPSA) is 80.8 Å². The van der Waals surface area contributed by atoms with E-state index >= 15 is 0 Å². The Balaban J connectivity index is 1.62. The van der Waals surface area contributed by atoms with Crippen LogP contribution in [0, 0.1) is 5.92 Å². The third-order valence-corrected chi connectivity index (χ3v) is 6.94. The Labute approximate surface area is 160 Å². The van der Waals surface area contributed by atoms with Crippen molar-refractivity contribution in [3.05, 3.63) is 34.9 Å². The highest BCUT2D eigenvalue weighted by Crippen LogP contribution is 2.23. The highest BCUT2D eigenvalue weighted by atomic mass is 32.2. The van der Waals surface area contributed by atoms with Crippen molar-refractivity contribution in [1.82, 2.24) is 4.90 Å². The molecule has 0 unspecified atom stereocenters. The highest BCUT2D eigenvalue weighted by Gasteiger charge is 2.35. The van der Waals surface area contributed by atoms with Crippen LogP contribution in [-0.4, -0.2) is 55.9 Å². The van der Waals surface area contributed by atoms with Gasteiger partial charge in [0.05, 0.1) is 17.1 Å². The van der Waals surface area contributed by atoms with Gasteiger partial charge in [0.1, 0.15) is 0 Å². The zero-order chi connectivity index (χ0) is 19.6. The van der Waals surface area contributed by atoms with E-state index in [2.05, 4.69) is 0 Å². The van der Waals surface area contributed by atoms with Gasteiger partial charge in [-0.25, -0.2) is 13.2 Å². The number of aryl methyl sites for hydroxylation is 2. The minimum atomic E-state index is -3.09. The summed E-state index contributed by atoms with van der Waals surface area (Å²) in [5.74, 6) is -0.551. The molecule has 1 aromatic rings. The third kappa shape index (κ3) is 4.89. The molecule has 1 saturated heterocycles. The fourth-order valence-corrected chi connectivity index (χ4v) is 5.59. The van der Waals surface area contributed by atoms with Crippen molar-refractivity contribution < 1.29 is 22.7 Å². The van der Waals surface area contributed by atoms with Crippen molar-refractivity contribution in [3.8, 4) is 0 Å². The number of amides is 1. The fraction of sp³-hybridized carbons (Fsp3) is 0.600. The molecule has 1 aliphatic carbocycles. The first-order chi connectivity index (χ1) is 12.7. The summed E-state index contributed by atoms with van der Waals surface area (Å²) in [6, 6.07) is 5.22. The average molecular weight is 394 g/mol. The number of carbonyl (C=O) groups is 2. The van der Waals surface area contributed by atoms with Gasteiger partial charge in [-0.1, -0.05) is 19.9 Å². The Morgan fingerprint density at radius 3 is 2.63 bits per heavy atom. The van der Waals surface area contributed by atoms with Gasteiger partial charge < -0.3 is 9.64 Å². The van der Waals surface area contributed by atoms with E-state index < -0.39 is 15.8 Å². The number of rotatable bonds is 6. The fourth-order valence-electron chi connectivity index (χ4n) is 3.86. The summed E-state index contributed by atoms with van der Waals surface area (Å²) in [4.78, 5) is 26.6. The van der Waals surface area contributed by atoms with Crippen molar-refractivity contribution in [2.24, 2.45) is 5.92 Å². The van der Waals surface area contributed by atoms with Crippen LogP contribution in [-0.2, 0) is 32.2 Å². The van der Waals surface area contributed by atoms with Gasteiger partial charge in [-0.2, -0.15) is 0 Å². The zero-order valence-corrected chi connectivity index (χ0v) is 16.8. The normalized spacial score (nSPS) is 20.5. The summed E-state index contributed by atoms with van der Waals surface area (Å²) in [6.07, 6.45) is 3.55. The maximum Gasteiger partial charge on any atom is 0.338 e. The second-order valence-corrected chi connectivity index (χ2v) is 10.1. The van der Waals surface area contributed by atoms with Crippen LogP contribution >= 0.6 is 0 Å². The lowest BCUT2D eigenvalue weighted by molar-refractivity contribution is -0.137. The molecule has 1 aliphatic heterocycles. The second-order valence-electron chi connectivity index (χ2n) is 7.91. The van der Waals surface area contributed by atoms with Crippen LogP contribution in [0.5, 0.6) is 0 Å². The summed E-state index contributed by atoms with van der Waals surface area (Å²) in [5, 5.41) is 0. The Kier molecular flexibility index (Phi) is 5.89. The highest BCUT2D eigenvalue weighted by molar-refractivity contribution is 7.91. The quantitative estimate of drug-likeness (QED) is 0.691. The van der Waals surface area contributed by atoms with Crippen molar-refractivity contribution >= 4 is 21.7 Å². The van der Waals surface area contributed by atoms with Gasteiger partial charge >= 0.3 is 5.97 Å². The summed E-state index contributed by atoms with van der Waals surface area (Å²) in [6.45, 7) is 4.04. The molecule has 1 amide bonds. The van der Waals surface area contributed by atoms with E-state index in [0.717, 1.165) is 19.3 Å². The van der Waals surface area contributed by atoms with Gasteiger partial charge in [-0.3, -0.25) is 4.79 Å². The van der Waals surface area contributed by atoms with E-state index in [1.54, 1.807) is 11.0 Å². The Bertz CT molecular complexity index is 831. The molecule has 3 rings (SSSR count). The molecule has 6 nitrogen and oxygen atoms in total. The van der Waals surface area contributed by atoms with Crippen LogP contribution in [0.3, 0.4) is 0 Å². The molecule has 0 aromatic heterocycles. The monoisotopic (exact) mass is 393 g/mol.